The number of halogens is 1. The number of nitrogens with zero attached hydrogens (tertiary/aromatic N) is 1. The van der Waals surface area contributed by atoms with Gasteiger partial charge in [0.1, 0.15) is 0 Å². The summed E-state index contributed by atoms with van der Waals surface area (Å²) in [6.07, 6.45) is 1.77. The van der Waals surface area contributed by atoms with Gasteiger partial charge in [-0.3, -0.25) is 0 Å². The Bertz CT molecular complexity index is 167. The predicted octanol–water partition coefficient (Wildman–Crippen LogP) is 0.450. The van der Waals surface area contributed by atoms with E-state index in [1.54, 1.807) is 6.20 Å². The summed E-state index contributed by atoms with van der Waals surface area (Å²) >= 11 is 3.23. The zero-order valence-corrected chi connectivity index (χ0v) is 5.80. The molecule has 0 aromatic carbocycles. The van der Waals surface area contributed by atoms with Crippen LogP contribution in [-0.2, 0) is 0 Å². The molecule has 1 rings (SSSR count). The van der Waals surface area contributed by atoms with Crippen LogP contribution in [0.1, 0.15) is 0 Å². The Morgan fingerprint density at radius 1 is 1.50 bits per heavy atom. The molecule has 0 atom stereocenters. The van der Waals surface area contributed by atoms with Gasteiger partial charge in [-0.25, -0.2) is 5.84 Å². The fourth-order valence-electron chi connectivity index (χ4n) is 0.435. The largest absolute Gasteiger partial charge is 0.276 e. The van der Waals surface area contributed by atoms with Crippen molar-refractivity contribution in [2.45, 2.75) is 0 Å². The molecule has 0 saturated heterocycles. The van der Waals surface area contributed by atoms with Crippen LogP contribution in [0.4, 0.5) is 0 Å². The van der Waals surface area contributed by atoms with Crippen LogP contribution in [0.15, 0.2) is 29.0 Å². The van der Waals surface area contributed by atoms with E-state index < -0.39 is 0 Å². The molecule has 0 fully saturated rings. The summed E-state index contributed by atoms with van der Waals surface area (Å²) in [5.41, 5.74) is 0. The molecule has 1 aromatic rings. The average molecular weight is 174 g/mol. The molecular formula is C5H6BrN2+. The monoisotopic (exact) mass is 173 g/mol. The normalized spacial score (nSPS) is 9.12. The molecule has 0 aliphatic heterocycles. The quantitative estimate of drug-likeness (QED) is 0.345. The van der Waals surface area contributed by atoms with Crippen LogP contribution in [0, 0.1) is 0 Å². The van der Waals surface area contributed by atoms with Gasteiger partial charge >= 0.3 is 0 Å². The van der Waals surface area contributed by atoms with Crippen molar-refractivity contribution in [1.82, 2.24) is 0 Å². The fourth-order valence-corrected chi connectivity index (χ4v) is 0.705. The van der Waals surface area contributed by atoms with Crippen molar-refractivity contribution in [1.29, 1.82) is 0 Å². The van der Waals surface area contributed by atoms with Crippen molar-refractivity contribution in [3.8, 4) is 0 Å². The van der Waals surface area contributed by atoms with Gasteiger partial charge in [-0.1, -0.05) is 4.68 Å². The van der Waals surface area contributed by atoms with Gasteiger partial charge in [0.2, 0.25) is 0 Å². The molecule has 0 radical (unpaired) electrons. The van der Waals surface area contributed by atoms with Crippen LogP contribution in [0.5, 0.6) is 0 Å². The Kier molecular flexibility index (Phi) is 1.48. The number of nitrogens with two attached hydrogens (primary N) is 1. The van der Waals surface area contributed by atoms with E-state index in [9.17, 15) is 0 Å². The Morgan fingerprint density at radius 2 is 2.25 bits per heavy atom. The molecule has 0 spiro atoms. The molecule has 2 nitrogen and oxygen atoms in total. The number of pyridine rings is 1. The van der Waals surface area contributed by atoms with Gasteiger partial charge in [-0.15, -0.1) is 0 Å². The highest BCUT2D eigenvalue weighted by Crippen LogP contribution is 1.97. The molecule has 0 aliphatic rings. The third-order valence-corrected chi connectivity index (χ3v) is 1.51. The minimum atomic E-state index is 0.875. The first-order valence-electron chi connectivity index (χ1n) is 2.22. The van der Waals surface area contributed by atoms with Gasteiger partial charge in [-0.05, 0) is 6.07 Å². The third kappa shape index (κ3) is 0.980. The van der Waals surface area contributed by atoms with Gasteiger partial charge in [0.25, 0.3) is 4.60 Å². The highest BCUT2D eigenvalue weighted by atomic mass is 79.9. The van der Waals surface area contributed by atoms with Gasteiger partial charge in [0, 0.05) is 28.1 Å². The lowest BCUT2D eigenvalue weighted by atomic mass is 10.5. The first-order chi connectivity index (χ1) is 3.80. The molecule has 1 heterocycles. The molecule has 42 valence electrons. The second-order valence-electron chi connectivity index (χ2n) is 1.43. The summed E-state index contributed by atoms with van der Waals surface area (Å²) in [6, 6.07) is 5.65. The molecule has 0 saturated carbocycles. The third-order valence-electron chi connectivity index (χ3n) is 0.838. The smallest absolute Gasteiger partial charge is 0.204 e. The van der Waals surface area contributed by atoms with Crippen LogP contribution >= 0.6 is 15.9 Å². The van der Waals surface area contributed by atoms with E-state index in [-0.39, 0.29) is 0 Å². The Morgan fingerprint density at radius 3 is 2.62 bits per heavy atom. The van der Waals surface area contributed by atoms with Gasteiger partial charge in [0.05, 0.1) is 0 Å². The molecule has 0 aliphatic carbocycles. The van der Waals surface area contributed by atoms with Gasteiger partial charge in [-0.2, -0.15) is 0 Å². The first kappa shape index (κ1) is 5.56. The van der Waals surface area contributed by atoms with E-state index in [1.807, 2.05) is 18.2 Å². The zero-order chi connectivity index (χ0) is 5.98. The number of aromatic nitrogens is 1. The summed E-state index contributed by atoms with van der Waals surface area (Å²) in [5, 5.41) is 0. The van der Waals surface area contributed by atoms with Crippen molar-refractivity contribution < 1.29 is 4.68 Å². The minimum absolute atomic E-state index is 0.875. The Balaban J connectivity index is 3.13. The van der Waals surface area contributed by atoms with E-state index >= 15 is 0 Å². The lowest BCUT2D eigenvalue weighted by Gasteiger charge is -1.83. The van der Waals surface area contributed by atoms with Crippen LogP contribution in [0.3, 0.4) is 0 Å². The molecule has 3 heteroatoms. The predicted molar refractivity (Wildman–Crippen MR) is 34.5 cm³/mol. The standard InChI is InChI=1S/C5H6BrN2/c6-5-3-1-2-4-8(5)7/h1-4H,7H2/q+1. The molecule has 8 heavy (non-hydrogen) atoms. The average Bonchev–Trinajstić information content (AvgIpc) is 1.77. The molecular weight excluding hydrogens is 168 g/mol. The second kappa shape index (κ2) is 2.13. The van der Waals surface area contributed by atoms with Crippen molar-refractivity contribution in [3.63, 3.8) is 0 Å². The van der Waals surface area contributed by atoms with Crippen LogP contribution in [-0.4, -0.2) is 0 Å². The Hall–Kier alpha value is -0.570. The molecule has 0 unspecified atom stereocenters. The van der Waals surface area contributed by atoms with Crippen molar-refractivity contribution >= 4 is 15.9 Å². The maximum absolute atomic E-state index is 5.39. The van der Waals surface area contributed by atoms with Crippen molar-refractivity contribution in [2.24, 2.45) is 0 Å². The van der Waals surface area contributed by atoms with Crippen LogP contribution < -0.4 is 10.5 Å². The van der Waals surface area contributed by atoms with E-state index in [2.05, 4.69) is 15.9 Å². The van der Waals surface area contributed by atoms with E-state index in [0.29, 0.717) is 0 Å². The van der Waals surface area contributed by atoms with Crippen LogP contribution in [0.25, 0.3) is 0 Å². The SMILES string of the molecule is N[n+]1ccccc1Br. The molecule has 1 aromatic heterocycles. The first-order valence-corrected chi connectivity index (χ1v) is 3.01. The summed E-state index contributed by atoms with van der Waals surface area (Å²) < 4.78 is 2.38. The van der Waals surface area contributed by atoms with Crippen molar-refractivity contribution in [3.05, 3.63) is 29.0 Å². The second-order valence-corrected chi connectivity index (χ2v) is 2.24. The number of hydrogen-bond acceptors (Lipinski definition) is 1. The summed E-state index contributed by atoms with van der Waals surface area (Å²) in [6.45, 7) is 0. The maximum atomic E-state index is 5.39. The summed E-state index contributed by atoms with van der Waals surface area (Å²) in [5.74, 6) is 5.39. The fraction of sp³-hybridized carbons (Fsp3) is 0. The van der Waals surface area contributed by atoms with E-state index in [0.717, 1.165) is 4.60 Å². The number of rotatable bonds is 0. The molecule has 0 amide bonds. The highest BCUT2D eigenvalue weighted by Gasteiger charge is 1.96. The van der Waals surface area contributed by atoms with Gasteiger partial charge in [0.15, 0.2) is 6.20 Å². The van der Waals surface area contributed by atoms with E-state index in [4.69, 9.17) is 5.84 Å². The highest BCUT2D eigenvalue weighted by molar-refractivity contribution is 9.10. The van der Waals surface area contributed by atoms with Crippen molar-refractivity contribution in [2.75, 3.05) is 5.84 Å². The summed E-state index contributed by atoms with van der Waals surface area (Å²) in [4.78, 5) is 0. The number of hydrogen-bond donors (Lipinski definition) is 1. The molecule has 2 N–H and O–H groups in total. The minimum Gasteiger partial charge on any atom is -0.204 e. The zero-order valence-electron chi connectivity index (χ0n) is 4.21. The topological polar surface area (TPSA) is 29.9 Å². The lowest BCUT2D eigenvalue weighted by molar-refractivity contribution is -0.650. The molecule has 0 bridgehead atoms. The van der Waals surface area contributed by atoms with Gasteiger partial charge < -0.3 is 0 Å². The number of nitrogen functional groups attached to an aromatic ring is 1. The lowest BCUT2D eigenvalue weighted by Crippen LogP contribution is -2.44. The summed E-state index contributed by atoms with van der Waals surface area (Å²) in [7, 11) is 0. The Labute approximate surface area is 56.0 Å². The van der Waals surface area contributed by atoms with E-state index in [1.165, 1.54) is 4.68 Å². The van der Waals surface area contributed by atoms with Crippen LogP contribution in [0.2, 0.25) is 0 Å². The maximum Gasteiger partial charge on any atom is 0.276 e.